The van der Waals surface area contributed by atoms with Crippen molar-refractivity contribution in [3.05, 3.63) is 35.9 Å². The molecule has 10 heteroatoms. The fraction of sp³-hybridized carbons (Fsp3) is 0.412. The largest absolute Gasteiger partial charge is 0.394 e. The molecule has 27 heavy (non-hydrogen) atoms. The molecule has 0 bridgehead atoms. The number of hydrogen-bond acceptors (Lipinski definition) is 6. The van der Waals surface area contributed by atoms with Gasteiger partial charge in [-0.3, -0.25) is 19.2 Å². The van der Waals surface area contributed by atoms with Crippen molar-refractivity contribution in [1.29, 1.82) is 0 Å². The first-order valence-corrected chi connectivity index (χ1v) is 8.08. The zero-order valence-corrected chi connectivity index (χ0v) is 15.3. The van der Waals surface area contributed by atoms with Crippen molar-refractivity contribution in [3.8, 4) is 0 Å². The van der Waals surface area contributed by atoms with Crippen LogP contribution in [0, 0.1) is 0 Å². The summed E-state index contributed by atoms with van der Waals surface area (Å²) in [5, 5.41) is 24.6. The molecule has 7 N–H and O–H groups in total. The van der Waals surface area contributed by atoms with Crippen LogP contribution >= 0.6 is 0 Å². The molecule has 1 rings (SSSR count). The van der Waals surface area contributed by atoms with Gasteiger partial charge in [-0.25, -0.2) is 0 Å². The molecule has 0 fully saturated rings. The Balaban J connectivity index is 0.000000580. The lowest BCUT2D eigenvalue weighted by atomic mass is 10.2. The van der Waals surface area contributed by atoms with Gasteiger partial charge in [0.25, 0.3) is 0 Å². The number of nitrogens with two attached hydrogens (primary N) is 1. The lowest BCUT2D eigenvalue weighted by molar-refractivity contribution is -0.129. The molecule has 0 unspecified atom stereocenters. The highest BCUT2D eigenvalue weighted by molar-refractivity contribution is 5.87. The van der Waals surface area contributed by atoms with Gasteiger partial charge >= 0.3 is 0 Å². The molecule has 2 atom stereocenters. The van der Waals surface area contributed by atoms with E-state index in [0.717, 1.165) is 5.56 Å². The van der Waals surface area contributed by atoms with Gasteiger partial charge in [0.15, 0.2) is 0 Å². The lowest BCUT2D eigenvalue weighted by Crippen LogP contribution is -2.48. The standard InChI is InChI=1S/C12H16N2O3.C5H10N2O3/c1-9(16)14-11(8-15)12(17)13-7-10-5-3-2-4-6-10;1-3(9)7-4(2-8)5(6)10/h2-6,11,15H,7-8H2,1H3,(H,13,17)(H,14,16);4,8H,2H2,1H3,(H2,6,10)(H,7,9)/t11-;4-/m11/s1. The lowest BCUT2D eigenvalue weighted by Gasteiger charge is -2.14. The van der Waals surface area contributed by atoms with Crippen LogP contribution in [0.3, 0.4) is 0 Å². The molecule has 0 saturated heterocycles. The number of amides is 4. The van der Waals surface area contributed by atoms with Crippen LogP contribution in [-0.2, 0) is 25.7 Å². The Morgan fingerprint density at radius 2 is 1.41 bits per heavy atom. The van der Waals surface area contributed by atoms with Crippen LogP contribution in [0.1, 0.15) is 19.4 Å². The highest BCUT2D eigenvalue weighted by Gasteiger charge is 2.17. The van der Waals surface area contributed by atoms with Gasteiger partial charge in [0, 0.05) is 20.4 Å². The highest BCUT2D eigenvalue weighted by Crippen LogP contribution is 1.97. The second-order valence-electron chi connectivity index (χ2n) is 5.48. The number of aliphatic hydroxyl groups is 2. The average Bonchev–Trinajstić information content (AvgIpc) is 2.63. The van der Waals surface area contributed by atoms with Gasteiger partial charge in [0.2, 0.25) is 23.6 Å². The van der Waals surface area contributed by atoms with Crippen molar-refractivity contribution in [2.45, 2.75) is 32.5 Å². The topological polar surface area (TPSA) is 171 Å². The first-order valence-electron chi connectivity index (χ1n) is 8.08. The van der Waals surface area contributed by atoms with E-state index >= 15 is 0 Å². The molecule has 0 saturated carbocycles. The monoisotopic (exact) mass is 382 g/mol. The van der Waals surface area contributed by atoms with E-state index in [0.29, 0.717) is 6.54 Å². The zero-order valence-electron chi connectivity index (χ0n) is 15.3. The van der Waals surface area contributed by atoms with Crippen molar-refractivity contribution >= 4 is 23.6 Å². The van der Waals surface area contributed by atoms with Crippen molar-refractivity contribution < 1.29 is 29.4 Å². The van der Waals surface area contributed by atoms with Crippen LogP contribution < -0.4 is 21.7 Å². The highest BCUT2D eigenvalue weighted by atomic mass is 16.3. The second kappa shape index (κ2) is 13.3. The van der Waals surface area contributed by atoms with Gasteiger partial charge in [0.05, 0.1) is 13.2 Å². The van der Waals surface area contributed by atoms with Crippen molar-refractivity contribution in [3.63, 3.8) is 0 Å². The van der Waals surface area contributed by atoms with Gasteiger partial charge in [-0.1, -0.05) is 30.3 Å². The Morgan fingerprint density at radius 3 is 1.78 bits per heavy atom. The van der Waals surface area contributed by atoms with Crippen molar-refractivity contribution in [2.75, 3.05) is 13.2 Å². The molecule has 0 aliphatic carbocycles. The van der Waals surface area contributed by atoms with Crippen LogP contribution in [0.5, 0.6) is 0 Å². The summed E-state index contributed by atoms with van der Waals surface area (Å²) in [5.74, 6) is -1.87. The molecule has 0 aliphatic heterocycles. The van der Waals surface area contributed by atoms with Gasteiger partial charge in [-0.15, -0.1) is 0 Å². The van der Waals surface area contributed by atoms with Crippen LogP contribution in [0.25, 0.3) is 0 Å². The smallest absolute Gasteiger partial charge is 0.245 e. The number of carbonyl (C=O) groups excluding carboxylic acids is 4. The molecule has 150 valence electrons. The molecule has 0 spiro atoms. The normalized spacial score (nSPS) is 11.9. The molecule has 4 amide bonds. The number of hydrogen-bond donors (Lipinski definition) is 6. The quantitative estimate of drug-likeness (QED) is 0.297. The fourth-order valence-corrected chi connectivity index (χ4v) is 1.80. The maximum absolute atomic E-state index is 11.6. The number of benzene rings is 1. The predicted molar refractivity (Wildman–Crippen MR) is 96.9 cm³/mol. The summed E-state index contributed by atoms with van der Waals surface area (Å²) in [6.45, 7) is 2.03. The van der Waals surface area contributed by atoms with E-state index in [1.807, 2.05) is 30.3 Å². The minimum absolute atomic E-state index is 0.348. The summed E-state index contributed by atoms with van der Waals surface area (Å²) in [5.41, 5.74) is 5.74. The summed E-state index contributed by atoms with van der Waals surface area (Å²) in [6.07, 6.45) is 0. The molecule has 1 aromatic carbocycles. The Labute approximate surface area is 157 Å². The first kappa shape index (κ1) is 24.0. The van der Waals surface area contributed by atoms with Crippen LogP contribution in [0.2, 0.25) is 0 Å². The molecule has 0 aliphatic rings. The summed E-state index contributed by atoms with van der Waals surface area (Å²) in [6, 6.07) is 7.55. The summed E-state index contributed by atoms with van der Waals surface area (Å²) in [4.78, 5) is 43.0. The van der Waals surface area contributed by atoms with E-state index < -0.39 is 43.0 Å². The third-order valence-corrected chi connectivity index (χ3v) is 3.09. The van der Waals surface area contributed by atoms with E-state index in [9.17, 15) is 19.2 Å². The van der Waals surface area contributed by atoms with Crippen molar-refractivity contribution in [1.82, 2.24) is 16.0 Å². The van der Waals surface area contributed by atoms with Gasteiger partial charge in [-0.2, -0.15) is 0 Å². The maximum atomic E-state index is 11.6. The predicted octanol–water partition coefficient (Wildman–Crippen LogP) is -2.23. The van der Waals surface area contributed by atoms with E-state index in [-0.39, 0.29) is 5.91 Å². The first-order chi connectivity index (χ1) is 12.7. The van der Waals surface area contributed by atoms with Gasteiger partial charge in [0.1, 0.15) is 12.1 Å². The third kappa shape index (κ3) is 11.3. The Morgan fingerprint density at radius 1 is 0.926 bits per heavy atom. The summed E-state index contributed by atoms with van der Waals surface area (Å²) >= 11 is 0. The average molecular weight is 382 g/mol. The third-order valence-electron chi connectivity index (χ3n) is 3.09. The number of carbonyl (C=O) groups is 4. The molecule has 0 radical (unpaired) electrons. The van der Waals surface area contributed by atoms with E-state index in [1.54, 1.807) is 0 Å². The minimum Gasteiger partial charge on any atom is -0.394 e. The summed E-state index contributed by atoms with van der Waals surface area (Å²) in [7, 11) is 0. The molecular weight excluding hydrogens is 356 g/mol. The van der Waals surface area contributed by atoms with Crippen LogP contribution in [-0.4, -0.2) is 59.1 Å². The van der Waals surface area contributed by atoms with Crippen LogP contribution in [0.15, 0.2) is 30.3 Å². The Kier molecular flexibility index (Phi) is 11.8. The Hall–Kier alpha value is -2.98. The number of nitrogens with one attached hydrogen (secondary N) is 3. The Bertz CT molecular complexity index is 623. The van der Waals surface area contributed by atoms with E-state index in [4.69, 9.17) is 15.9 Å². The molecule has 1 aromatic rings. The molecule has 0 aromatic heterocycles. The molecule has 0 heterocycles. The van der Waals surface area contributed by atoms with Gasteiger partial charge in [-0.05, 0) is 5.56 Å². The number of aliphatic hydroxyl groups excluding tert-OH is 2. The SMILES string of the molecule is CC(=O)N[C@H](CO)C(=O)NCc1ccccc1.CC(=O)N[C@H](CO)C(N)=O. The maximum Gasteiger partial charge on any atom is 0.245 e. The van der Waals surface area contributed by atoms with E-state index in [1.165, 1.54) is 13.8 Å². The minimum atomic E-state index is -0.961. The second-order valence-corrected chi connectivity index (χ2v) is 5.48. The summed E-state index contributed by atoms with van der Waals surface area (Å²) < 4.78 is 0. The van der Waals surface area contributed by atoms with Gasteiger partial charge < -0.3 is 31.9 Å². The number of primary amides is 1. The molecule has 10 nitrogen and oxygen atoms in total. The zero-order chi connectivity index (χ0) is 20.8. The van der Waals surface area contributed by atoms with E-state index in [2.05, 4.69) is 16.0 Å². The fourth-order valence-electron chi connectivity index (χ4n) is 1.80. The molecular formula is C17H26N4O6. The van der Waals surface area contributed by atoms with Crippen molar-refractivity contribution in [2.24, 2.45) is 5.73 Å². The number of rotatable bonds is 8. The van der Waals surface area contributed by atoms with Crippen LogP contribution in [0.4, 0.5) is 0 Å².